The number of halogens is 1. The van der Waals surface area contributed by atoms with Crippen LogP contribution in [0.4, 0.5) is 10.2 Å². The van der Waals surface area contributed by atoms with Gasteiger partial charge in [-0.3, -0.25) is 9.69 Å². The summed E-state index contributed by atoms with van der Waals surface area (Å²) in [4.78, 5) is 26.4. The van der Waals surface area contributed by atoms with Gasteiger partial charge in [0.15, 0.2) is 5.65 Å². The van der Waals surface area contributed by atoms with E-state index in [2.05, 4.69) is 27.9 Å². The van der Waals surface area contributed by atoms with Crippen LogP contribution in [0.15, 0.2) is 66.5 Å². The first-order chi connectivity index (χ1) is 22.2. The Morgan fingerprint density at radius 2 is 2.00 bits per heavy atom. The molecule has 2 saturated heterocycles. The van der Waals surface area contributed by atoms with Crippen molar-refractivity contribution in [3.8, 4) is 28.8 Å². The zero-order valence-corrected chi connectivity index (χ0v) is 26.2. The average molecular weight is 625 g/mol. The van der Waals surface area contributed by atoms with Gasteiger partial charge in [-0.1, -0.05) is 25.1 Å². The minimum Gasteiger partial charge on any atom is -0.457 e. The molecule has 2 N–H and O–H groups in total. The molecule has 2 fully saturated rings. The molecule has 6 rings (SSSR count). The zero-order valence-electron chi connectivity index (χ0n) is 26.2. The third-order valence-corrected chi connectivity index (χ3v) is 8.75. The second-order valence-electron chi connectivity index (χ2n) is 12.1. The van der Waals surface area contributed by atoms with E-state index in [0.717, 1.165) is 13.0 Å². The van der Waals surface area contributed by atoms with Crippen LogP contribution in [0.3, 0.4) is 0 Å². The summed E-state index contributed by atoms with van der Waals surface area (Å²) in [5.74, 6) is 0.245. The molecule has 4 heterocycles. The van der Waals surface area contributed by atoms with E-state index < -0.39 is 11.4 Å². The molecule has 11 nitrogen and oxygen atoms in total. The van der Waals surface area contributed by atoms with Crippen LogP contribution in [0.2, 0.25) is 0 Å². The number of carbonyl (C=O) groups is 1. The van der Waals surface area contributed by atoms with Crippen LogP contribution in [-0.2, 0) is 16.1 Å². The van der Waals surface area contributed by atoms with Gasteiger partial charge in [0.25, 0.3) is 5.91 Å². The molecule has 1 amide bonds. The summed E-state index contributed by atoms with van der Waals surface area (Å²) in [6.07, 6.45) is 4.61. The first kappa shape index (κ1) is 31.1. The summed E-state index contributed by atoms with van der Waals surface area (Å²) in [6, 6.07) is 15.9. The molecule has 0 bridgehead atoms. The molecule has 2 aromatic carbocycles. The number of likely N-dealkylation sites (tertiary alicyclic amines) is 1. The van der Waals surface area contributed by atoms with E-state index in [0.29, 0.717) is 54.4 Å². The zero-order chi connectivity index (χ0) is 32.4. The Balaban J connectivity index is 1.27. The quantitative estimate of drug-likeness (QED) is 0.192. The first-order valence-electron chi connectivity index (χ1n) is 15.5. The van der Waals surface area contributed by atoms with Crippen LogP contribution in [0.5, 0.6) is 11.5 Å². The predicted molar refractivity (Wildman–Crippen MR) is 171 cm³/mol. The van der Waals surface area contributed by atoms with Crippen molar-refractivity contribution in [1.29, 1.82) is 5.26 Å². The minimum absolute atomic E-state index is 0.105. The fraction of sp³-hybridized carbons (Fsp3) is 0.382. The van der Waals surface area contributed by atoms with Gasteiger partial charge in [0.05, 0.1) is 37.2 Å². The van der Waals surface area contributed by atoms with Gasteiger partial charge in [0.1, 0.15) is 46.8 Å². The van der Waals surface area contributed by atoms with Crippen molar-refractivity contribution in [2.24, 2.45) is 0 Å². The molecule has 2 aromatic heterocycles. The van der Waals surface area contributed by atoms with E-state index in [9.17, 15) is 10.1 Å². The lowest BCUT2D eigenvalue weighted by Gasteiger charge is -2.45. The number of benzene rings is 2. The average Bonchev–Trinajstić information content (AvgIpc) is 3.63. The summed E-state index contributed by atoms with van der Waals surface area (Å²) in [5.41, 5.74) is 6.83. The summed E-state index contributed by atoms with van der Waals surface area (Å²) >= 11 is 0. The number of hydrogen-bond donors (Lipinski definition) is 1. The summed E-state index contributed by atoms with van der Waals surface area (Å²) in [5, 5.41) is 15.3. The SMILES string of the molecule is CCN(C1COC1)C(C)(C)/C=C(\C#N)C(=O)N1CCC[C@H]1Cn1nc(-c2ccc(Oc3ccccc3)cc2F)c2c(N)ncnc21. The van der Waals surface area contributed by atoms with Crippen LogP contribution in [-0.4, -0.2) is 79.4 Å². The third kappa shape index (κ3) is 6.03. The largest absolute Gasteiger partial charge is 0.457 e. The number of ether oxygens (including phenoxy) is 2. The van der Waals surface area contributed by atoms with Crippen LogP contribution >= 0.6 is 0 Å². The summed E-state index contributed by atoms with van der Waals surface area (Å²) in [7, 11) is 0. The molecule has 4 aromatic rings. The number of nitrogens with zero attached hydrogens (tertiary/aromatic N) is 7. The topological polar surface area (TPSA) is 135 Å². The Labute approximate surface area is 267 Å². The van der Waals surface area contributed by atoms with E-state index >= 15 is 4.39 Å². The number of fused-ring (bicyclic) bond motifs is 1. The molecule has 2 aliphatic heterocycles. The van der Waals surface area contributed by atoms with Gasteiger partial charge < -0.3 is 20.1 Å². The van der Waals surface area contributed by atoms with Crippen molar-refractivity contribution >= 4 is 22.8 Å². The van der Waals surface area contributed by atoms with E-state index in [1.54, 1.807) is 39.9 Å². The summed E-state index contributed by atoms with van der Waals surface area (Å²) in [6.45, 7) is 8.94. The number of rotatable bonds is 10. The normalized spacial score (nSPS) is 17.3. The number of hydrogen-bond acceptors (Lipinski definition) is 9. The van der Waals surface area contributed by atoms with Gasteiger partial charge in [-0.25, -0.2) is 19.0 Å². The highest BCUT2D eigenvalue weighted by atomic mass is 19.1. The molecule has 46 heavy (non-hydrogen) atoms. The Kier molecular flexibility index (Phi) is 8.71. The Hall–Kier alpha value is -4.86. The second kappa shape index (κ2) is 12.9. The number of nitriles is 1. The number of aromatic nitrogens is 4. The number of amides is 1. The van der Waals surface area contributed by atoms with Crippen molar-refractivity contribution in [3.05, 3.63) is 72.3 Å². The van der Waals surface area contributed by atoms with E-state index in [4.69, 9.17) is 20.3 Å². The maximum Gasteiger partial charge on any atom is 0.264 e. The molecule has 1 atom stereocenters. The summed E-state index contributed by atoms with van der Waals surface area (Å²) < 4.78 is 28.4. The van der Waals surface area contributed by atoms with E-state index in [1.165, 1.54) is 12.4 Å². The van der Waals surface area contributed by atoms with Gasteiger partial charge in [0.2, 0.25) is 0 Å². The van der Waals surface area contributed by atoms with Crippen molar-refractivity contribution in [3.63, 3.8) is 0 Å². The van der Waals surface area contributed by atoms with Gasteiger partial charge in [-0.15, -0.1) is 0 Å². The molecular formula is C34H37FN8O3. The standard InChI is InChI=1S/C34H37FN8O3/c1-4-42(24-19-45-20-24)34(2,3)16-22(17-36)33(44)41-14-8-9-23(41)18-43-32-29(31(37)38-21-39-32)30(40-43)27-13-12-26(15-28(27)35)46-25-10-6-5-7-11-25/h5-7,10-13,15-16,21,23-24H,4,8-9,14,18-20H2,1-3H3,(H2,37,38,39)/b22-16+/t23-/m0/s1. The highest BCUT2D eigenvalue weighted by molar-refractivity contribution is 5.99. The lowest BCUT2D eigenvalue weighted by molar-refractivity contribution is -0.127. The molecule has 2 aliphatic rings. The van der Waals surface area contributed by atoms with E-state index in [-0.39, 0.29) is 41.5 Å². The number of carbonyl (C=O) groups excluding carboxylic acids is 1. The van der Waals surface area contributed by atoms with Crippen molar-refractivity contribution in [2.45, 2.75) is 57.8 Å². The Morgan fingerprint density at radius 3 is 2.67 bits per heavy atom. The minimum atomic E-state index is -0.540. The van der Waals surface area contributed by atoms with Gasteiger partial charge in [-0.2, -0.15) is 10.4 Å². The van der Waals surface area contributed by atoms with Crippen molar-refractivity contribution in [2.75, 3.05) is 32.0 Å². The fourth-order valence-corrected chi connectivity index (χ4v) is 6.49. The highest BCUT2D eigenvalue weighted by Gasteiger charge is 2.37. The van der Waals surface area contributed by atoms with Crippen LogP contribution in [0.1, 0.15) is 33.6 Å². The number of para-hydroxylation sites is 1. The fourth-order valence-electron chi connectivity index (χ4n) is 6.49. The number of likely N-dealkylation sites (N-methyl/N-ethyl adjacent to an activating group) is 1. The van der Waals surface area contributed by atoms with Crippen LogP contribution < -0.4 is 10.5 Å². The first-order valence-corrected chi connectivity index (χ1v) is 15.5. The van der Waals surface area contributed by atoms with Crippen LogP contribution in [0, 0.1) is 17.1 Å². The van der Waals surface area contributed by atoms with Crippen molar-refractivity contribution in [1.82, 2.24) is 29.5 Å². The highest BCUT2D eigenvalue weighted by Crippen LogP contribution is 2.35. The number of nitrogen functional groups attached to an aromatic ring is 1. The molecule has 0 unspecified atom stereocenters. The molecule has 238 valence electrons. The third-order valence-electron chi connectivity index (χ3n) is 8.75. The van der Waals surface area contributed by atoms with Crippen LogP contribution in [0.25, 0.3) is 22.3 Å². The lowest BCUT2D eigenvalue weighted by Crippen LogP contribution is -2.57. The smallest absolute Gasteiger partial charge is 0.264 e. The van der Waals surface area contributed by atoms with E-state index in [1.807, 2.05) is 32.0 Å². The number of anilines is 1. The molecular weight excluding hydrogens is 587 g/mol. The number of nitrogens with two attached hydrogens (primary N) is 1. The molecule has 12 heteroatoms. The van der Waals surface area contributed by atoms with Gasteiger partial charge in [-0.05, 0) is 63.6 Å². The Morgan fingerprint density at radius 1 is 1.22 bits per heavy atom. The molecule has 0 spiro atoms. The second-order valence-corrected chi connectivity index (χ2v) is 12.1. The van der Waals surface area contributed by atoms with Gasteiger partial charge in [0, 0.05) is 23.7 Å². The van der Waals surface area contributed by atoms with Crippen molar-refractivity contribution < 1.29 is 18.7 Å². The monoisotopic (exact) mass is 624 g/mol. The Bertz CT molecular complexity index is 1810. The predicted octanol–water partition coefficient (Wildman–Crippen LogP) is 4.95. The lowest BCUT2D eigenvalue weighted by atomic mass is 9.95. The molecule has 0 saturated carbocycles. The maximum absolute atomic E-state index is 15.6. The molecule has 0 radical (unpaired) electrons. The maximum atomic E-state index is 15.6. The van der Waals surface area contributed by atoms with Gasteiger partial charge >= 0.3 is 0 Å². The molecule has 0 aliphatic carbocycles.